The van der Waals surface area contributed by atoms with Crippen molar-refractivity contribution < 1.29 is 22.4 Å². The monoisotopic (exact) mass is 305 g/mol. The van der Waals surface area contributed by atoms with E-state index in [1.807, 2.05) is 0 Å². The summed E-state index contributed by atoms with van der Waals surface area (Å²) in [6, 6.07) is 0.570. The SMILES string of the molecule is Cc1ncc(C(F)(F)F)cc1C(=O)NC[C@@H]1C[C@H](F)CN1. The van der Waals surface area contributed by atoms with Crippen LogP contribution in [-0.4, -0.2) is 36.2 Å². The number of aryl methyl sites for hydroxylation is 1. The van der Waals surface area contributed by atoms with Gasteiger partial charge >= 0.3 is 6.18 Å². The zero-order valence-electron chi connectivity index (χ0n) is 11.3. The van der Waals surface area contributed by atoms with Crippen LogP contribution in [0.15, 0.2) is 12.3 Å². The smallest absolute Gasteiger partial charge is 0.350 e. The molecule has 2 N–H and O–H groups in total. The quantitative estimate of drug-likeness (QED) is 0.838. The normalized spacial score (nSPS) is 22.3. The Labute approximate surface area is 118 Å². The second-order valence-corrected chi connectivity index (χ2v) is 5.00. The lowest BCUT2D eigenvalue weighted by atomic mass is 10.1. The van der Waals surface area contributed by atoms with Gasteiger partial charge in [0.05, 0.1) is 11.1 Å². The lowest BCUT2D eigenvalue weighted by Crippen LogP contribution is -2.37. The first-order valence-corrected chi connectivity index (χ1v) is 6.47. The summed E-state index contributed by atoms with van der Waals surface area (Å²) in [5.41, 5.74) is -0.885. The summed E-state index contributed by atoms with van der Waals surface area (Å²) in [5.74, 6) is -0.643. The number of halogens is 4. The van der Waals surface area contributed by atoms with Crippen molar-refractivity contribution in [2.75, 3.05) is 13.1 Å². The number of alkyl halides is 4. The Morgan fingerprint density at radius 3 is 2.81 bits per heavy atom. The maximum atomic E-state index is 13.0. The second kappa shape index (κ2) is 5.97. The number of nitrogens with zero attached hydrogens (tertiary/aromatic N) is 1. The van der Waals surface area contributed by atoms with Crippen LogP contribution in [0.25, 0.3) is 0 Å². The Hall–Kier alpha value is -1.70. The van der Waals surface area contributed by atoms with Crippen molar-refractivity contribution in [2.45, 2.75) is 31.7 Å². The first-order valence-electron chi connectivity index (χ1n) is 6.47. The summed E-state index contributed by atoms with van der Waals surface area (Å²) in [6.45, 7) is 1.85. The lowest BCUT2D eigenvalue weighted by Gasteiger charge is -2.13. The summed E-state index contributed by atoms with van der Waals surface area (Å²) in [4.78, 5) is 15.5. The van der Waals surface area contributed by atoms with E-state index in [0.29, 0.717) is 6.20 Å². The molecule has 1 aromatic heterocycles. The molecule has 0 bridgehead atoms. The van der Waals surface area contributed by atoms with Gasteiger partial charge in [0.2, 0.25) is 0 Å². The van der Waals surface area contributed by atoms with Crippen LogP contribution >= 0.6 is 0 Å². The number of carbonyl (C=O) groups excluding carboxylic acids is 1. The van der Waals surface area contributed by atoms with Crippen molar-refractivity contribution in [3.8, 4) is 0 Å². The van der Waals surface area contributed by atoms with Gasteiger partial charge in [-0.15, -0.1) is 0 Å². The van der Waals surface area contributed by atoms with Crippen molar-refractivity contribution in [3.63, 3.8) is 0 Å². The molecule has 0 spiro atoms. The fourth-order valence-corrected chi connectivity index (χ4v) is 2.15. The van der Waals surface area contributed by atoms with Gasteiger partial charge in [-0.2, -0.15) is 13.2 Å². The predicted molar refractivity (Wildman–Crippen MR) is 67.6 cm³/mol. The lowest BCUT2D eigenvalue weighted by molar-refractivity contribution is -0.137. The minimum absolute atomic E-state index is 0.125. The molecule has 2 heterocycles. The minimum Gasteiger partial charge on any atom is -0.350 e. The number of hydrogen-bond acceptors (Lipinski definition) is 3. The third-order valence-corrected chi connectivity index (χ3v) is 3.34. The van der Waals surface area contributed by atoms with E-state index < -0.39 is 23.8 Å². The number of hydrogen-bond donors (Lipinski definition) is 2. The molecule has 2 rings (SSSR count). The van der Waals surface area contributed by atoms with E-state index in [-0.39, 0.29) is 36.8 Å². The fraction of sp³-hybridized carbons (Fsp3) is 0.538. The van der Waals surface area contributed by atoms with Crippen molar-refractivity contribution in [1.82, 2.24) is 15.6 Å². The molecular weight excluding hydrogens is 290 g/mol. The van der Waals surface area contributed by atoms with Gasteiger partial charge in [-0.25, -0.2) is 4.39 Å². The van der Waals surface area contributed by atoms with Crippen molar-refractivity contribution in [2.24, 2.45) is 0 Å². The molecule has 0 aliphatic carbocycles. The minimum atomic E-state index is -4.55. The summed E-state index contributed by atoms with van der Waals surface area (Å²) in [7, 11) is 0. The highest BCUT2D eigenvalue weighted by atomic mass is 19.4. The molecule has 1 fully saturated rings. The molecule has 4 nitrogen and oxygen atoms in total. The highest BCUT2D eigenvalue weighted by Crippen LogP contribution is 2.29. The average Bonchev–Trinajstić information content (AvgIpc) is 2.81. The summed E-state index contributed by atoms with van der Waals surface area (Å²) < 4.78 is 50.8. The van der Waals surface area contributed by atoms with E-state index >= 15 is 0 Å². The molecule has 1 aliphatic heterocycles. The van der Waals surface area contributed by atoms with Gasteiger partial charge in [0.15, 0.2) is 0 Å². The Balaban J connectivity index is 2.04. The molecule has 1 saturated heterocycles. The van der Waals surface area contributed by atoms with Crippen molar-refractivity contribution in [3.05, 3.63) is 29.1 Å². The maximum Gasteiger partial charge on any atom is 0.417 e. The maximum absolute atomic E-state index is 13.0. The van der Waals surface area contributed by atoms with Crippen molar-refractivity contribution >= 4 is 5.91 Å². The summed E-state index contributed by atoms with van der Waals surface area (Å²) in [6.07, 6.45) is -4.54. The van der Waals surface area contributed by atoms with Gasteiger partial charge < -0.3 is 10.6 Å². The van der Waals surface area contributed by atoms with Crippen LogP contribution in [0.3, 0.4) is 0 Å². The highest BCUT2D eigenvalue weighted by Gasteiger charge is 2.32. The molecule has 1 aromatic rings. The Bertz CT molecular complexity index is 533. The number of pyridine rings is 1. The van der Waals surface area contributed by atoms with Crippen LogP contribution in [0.1, 0.15) is 28.0 Å². The summed E-state index contributed by atoms with van der Waals surface area (Å²) >= 11 is 0. The van der Waals surface area contributed by atoms with E-state index in [0.717, 1.165) is 6.07 Å². The largest absolute Gasteiger partial charge is 0.417 e. The second-order valence-electron chi connectivity index (χ2n) is 5.00. The van der Waals surface area contributed by atoms with Gasteiger partial charge in [0, 0.05) is 31.0 Å². The zero-order chi connectivity index (χ0) is 15.6. The van der Waals surface area contributed by atoms with Gasteiger partial charge in [0.1, 0.15) is 6.17 Å². The first kappa shape index (κ1) is 15.7. The zero-order valence-corrected chi connectivity index (χ0v) is 11.3. The topological polar surface area (TPSA) is 54.0 Å². The first-order chi connectivity index (χ1) is 9.77. The van der Waals surface area contributed by atoms with Gasteiger partial charge in [0.25, 0.3) is 5.91 Å². The van der Waals surface area contributed by atoms with E-state index in [4.69, 9.17) is 0 Å². The van der Waals surface area contributed by atoms with Crippen LogP contribution in [0.2, 0.25) is 0 Å². The highest BCUT2D eigenvalue weighted by molar-refractivity contribution is 5.95. The van der Waals surface area contributed by atoms with Crippen molar-refractivity contribution in [1.29, 1.82) is 0 Å². The Morgan fingerprint density at radius 1 is 1.52 bits per heavy atom. The van der Waals surface area contributed by atoms with E-state index in [9.17, 15) is 22.4 Å². The Kier molecular flexibility index (Phi) is 4.46. The molecule has 0 saturated carbocycles. The van der Waals surface area contributed by atoms with E-state index in [1.165, 1.54) is 6.92 Å². The molecule has 2 atom stereocenters. The molecular formula is C13H15F4N3O. The van der Waals surface area contributed by atoms with Gasteiger partial charge in [-0.3, -0.25) is 9.78 Å². The summed E-state index contributed by atoms with van der Waals surface area (Å²) in [5, 5.41) is 5.38. The molecule has 21 heavy (non-hydrogen) atoms. The van der Waals surface area contributed by atoms with Gasteiger partial charge in [-0.1, -0.05) is 0 Å². The van der Waals surface area contributed by atoms with E-state index in [2.05, 4.69) is 15.6 Å². The standard InChI is InChI=1S/C13H15F4N3O/c1-7-11(2-8(4-18-7)13(15,16)17)12(21)20-6-10-3-9(14)5-19-10/h2,4,9-10,19H,3,5-6H2,1H3,(H,20,21)/t9-,10-/m0/s1. The molecule has 0 unspecified atom stereocenters. The molecule has 116 valence electrons. The third kappa shape index (κ3) is 3.90. The van der Waals surface area contributed by atoms with Crippen LogP contribution in [-0.2, 0) is 6.18 Å². The van der Waals surface area contributed by atoms with Crippen LogP contribution in [0.5, 0.6) is 0 Å². The molecule has 0 radical (unpaired) electrons. The predicted octanol–water partition coefficient (Wildman–Crippen LogP) is 1.84. The molecule has 0 aromatic carbocycles. The molecule has 1 amide bonds. The number of rotatable bonds is 3. The van der Waals surface area contributed by atoms with Gasteiger partial charge in [-0.05, 0) is 19.4 Å². The number of aromatic nitrogens is 1. The number of nitrogens with one attached hydrogen (secondary N) is 2. The van der Waals surface area contributed by atoms with Crippen LogP contribution < -0.4 is 10.6 Å². The number of amides is 1. The Morgan fingerprint density at radius 2 is 2.24 bits per heavy atom. The number of carbonyl (C=O) groups is 1. The van der Waals surface area contributed by atoms with E-state index in [1.54, 1.807) is 0 Å². The fourth-order valence-electron chi connectivity index (χ4n) is 2.15. The van der Waals surface area contributed by atoms with Crippen LogP contribution in [0, 0.1) is 6.92 Å². The average molecular weight is 305 g/mol. The van der Waals surface area contributed by atoms with Crippen LogP contribution in [0.4, 0.5) is 17.6 Å². The third-order valence-electron chi connectivity index (χ3n) is 3.34. The molecule has 8 heteroatoms. The molecule has 1 aliphatic rings.